The second-order valence-electron chi connectivity index (χ2n) is 4.04. The van der Waals surface area contributed by atoms with Gasteiger partial charge < -0.3 is 5.73 Å². The van der Waals surface area contributed by atoms with E-state index in [-0.39, 0.29) is 4.90 Å². The fourth-order valence-electron chi connectivity index (χ4n) is 1.60. The van der Waals surface area contributed by atoms with Gasteiger partial charge in [-0.1, -0.05) is 15.9 Å². The molecule has 0 aliphatic rings. The van der Waals surface area contributed by atoms with Gasteiger partial charge in [-0.2, -0.15) is 0 Å². The van der Waals surface area contributed by atoms with Crippen molar-refractivity contribution >= 4 is 85.1 Å². The maximum absolute atomic E-state index is 12.5. The molecule has 0 fully saturated rings. The molecule has 0 amide bonds. The van der Waals surface area contributed by atoms with E-state index in [0.717, 1.165) is 4.47 Å². The van der Waals surface area contributed by atoms with E-state index in [1.807, 2.05) is 0 Å². The molecule has 0 spiro atoms. The minimum Gasteiger partial charge on any atom is -0.399 e. The van der Waals surface area contributed by atoms with Gasteiger partial charge in [0.25, 0.3) is 10.0 Å². The van der Waals surface area contributed by atoms with Crippen LogP contribution in [0.1, 0.15) is 0 Å². The summed E-state index contributed by atoms with van der Waals surface area (Å²) in [5, 5.41) is 0. The summed E-state index contributed by atoms with van der Waals surface area (Å²) in [6, 6.07) is 8.23. The lowest BCUT2D eigenvalue weighted by atomic mass is 10.3. The van der Waals surface area contributed by atoms with Crippen LogP contribution in [0.25, 0.3) is 0 Å². The highest BCUT2D eigenvalue weighted by atomic mass is 79.9. The van der Waals surface area contributed by atoms with Crippen LogP contribution >= 0.6 is 63.7 Å². The van der Waals surface area contributed by atoms with E-state index in [1.165, 1.54) is 12.1 Å². The summed E-state index contributed by atoms with van der Waals surface area (Å²) >= 11 is 13.1. The van der Waals surface area contributed by atoms with Crippen molar-refractivity contribution in [3.05, 3.63) is 48.2 Å². The van der Waals surface area contributed by atoms with Crippen LogP contribution in [0.4, 0.5) is 11.4 Å². The first-order chi connectivity index (χ1) is 9.70. The molecule has 0 atom stereocenters. The van der Waals surface area contributed by atoms with E-state index in [9.17, 15) is 8.42 Å². The number of halogens is 4. The van der Waals surface area contributed by atoms with E-state index in [2.05, 4.69) is 68.4 Å². The first-order valence-corrected chi connectivity index (χ1v) is 10.1. The Labute approximate surface area is 156 Å². The lowest BCUT2D eigenvalue weighted by Crippen LogP contribution is -2.15. The van der Waals surface area contributed by atoms with Gasteiger partial charge in [0.1, 0.15) is 4.90 Å². The summed E-state index contributed by atoms with van der Waals surface area (Å²) in [6.07, 6.45) is 0. The van der Waals surface area contributed by atoms with Crippen LogP contribution in [0.3, 0.4) is 0 Å². The van der Waals surface area contributed by atoms with E-state index in [1.54, 1.807) is 18.2 Å². The zero-order valence-corrected chi connectivity index (χ0v) is 17.4. The molecule has 112 valence electrons. The Morgan fingerprint density at radius 1 is 0.905 bits per heavy atom. The molecular weight excluding hydrogens is 556 g/mol. The molecule has 2 aromatic rings. The molecule has 0 aliphatic carbocycles. The van der Waals surface area contributed by atoms with Gasteiger partial charge in [-0.3, -0.25) is 4.72 Å². The number of hydrogen-bond donors (Lipinski definition) is 2. The molecule has 3 N–H and O–H groups in total. The standard InChI is InChI=1S/C12H8Br4N2O2S/c13-6-1-2-11(8(14)3-6)18-21(19,20)12-9(15)4-7(17)5-10(12)16/h1-5,18H,17H2. The minimum atomic E-state index is -3.77. The van der Waals surface area contributed by atoms with Crippen LogP contribution in [-0.4, -0.2) is 8.42 Å². The van der Waals surface area contributed by atoms with E-state index in [4.69, 9.17) is 5.73 Å². The average molecular weight is 564 g/mol. The monoisotopic (exact) mass is 560 g/mol. The van der Waals surface area contributed by atoms with Crippen LogP contribution < -0.4 is 10.5 Å². The highest BCUT2D eigenvalue weighted by Crippen LogP contribution is 2.35. The van der Waals surface area contributed by atoms with Gasteiger partial charge in [0.05, 0.1) is 5.69 Å². The van der Waals surface area contributed by atoms with Gasteiger partial charge in [-0.05, 0) is 78.1 Å². The molecule has 0 bridgehead atoms. The molecule has 0 saturated carbocycles. The zero-order valence-electron chi connectivity index (χ0n) is 10.2. The van der Waals surface area contributed by atoms with Gasteiger partial charge >= 0.3 is 0 Å². The Morgan fingerprint density at radius 3 is 2.00 bits per heavy atom. The number of nitrogens with one attached hydrogen (secondary N) is 1. The Morgan fingerprint density at radius 2 is 1.48 bits per heavy atom. The summed E-state index contributed by atoms with van der Waals surface area (Å²) in [4.78, 5) is 0.0894. The summed E-state index contributed by atoms with van der Waals surface area (Å²) < 4.78 is 29.9. The quantitative estimate of drug-likeness (QED) is 0.509. The lowest BCUT2D eigenvalue weighted by molar-refractivity contribution is 0.600. The van der Waals surface area contributed by atoms with Gasteiger partial charge in [-0.15, -0.1) is 0 Å². The lowest BCUT2D eigenvalue weighted by Gasteiger charge is -2.13. The topological polar surface area (TPSA) is 72.2 Å². The van der Waals surface area contributed by atoms with Gasteiger partial charge in [0, 0.05) is 23.6 Å². The highest BCUT2D eigenvalue weighted by Gasteiger charge is 2.22. The second-order valence-corrected chi connectivity index (χ2v) is 9.14. The molecule has 0 saturated heterocycles. The average Bonchev–Trinajstić information content (AvgIpc) is 2.30. The SMILES string of the molecule is Nc1cc(Br)c(S(=O)(=O)Nc2ccc(Br)cc2Br)c(Br)c1. The van der Waals surface area contributed by atoms with Crippen molar-refractivity contribution in [2.45, 2.75) is 4.90 Å². The molecule has 9 heteroatoms. The van der Waals surface area contributed by atoms with Crippen molar-refractivity contribution in [3.8, 4) is 0 Å². The predicted octanol–water partition coefficient (Wildman–Crippen LogP) is 5.12. The van der Waals surface area contributed by atoms with E-state index in [0.29, 0.717) is 24.8 Å². The number of hydrogen-bond acceptors (Lipinski definition) is 3. The van der Waals surface area contributed by atoms with Crippen LogP contribution in [0, 0.1) is 0 Å². The molecule has 21 heavy (non-hydrogen) atoms. The van der Waals surface area contributed by atoms with Crippen molar-refractivity contribution in [1.29, 1.82) is 0 Å². The van der Waals surface area contributed by atoms with Crippen LogP contribution in [0.15, 0.2) is 53.1 Å². The largest absolute Gasteiger partial charge is 0.399 e. The Balaban J connectivity index is 2.48. The number of sulfonamides is 1. The van der Waals surface area contributed by atoms with Crippen LogP contribution in [-0.2, 0) is 10.0 Å². The van der Waals surface area contributed by atoms with Crippen molar-refractivity contribution in [2.75, 3.05) is 10.5 Å². The van der Waals surface area contributed by atoms with Crippen molar-refractivity contribution in [2.24, 2.45) is 0 Å². The Kier molecular flexibility index (Phi) is 5.40. The summed E-state index contributed by atoms with van der Waals surface area (Å²) in [5.74, 6) is 0. The van der Waals surface area contributed by atoms with Crippen LogP contribution in [0.5, 0.6) is 0 Å². The number of benzene rings is 2. The third kappa shape index (κ3) is 4.01. The molecule has 2 aromatic carbocycles. The van der Waals surface area contributed by atoms with Gasteiger partial charge in [0.15, 0.2) is 0 Å². The Bertz CT molecular complexity index is 786. The maximum atomic E-state index is 12.5. The molecule has 2 rings (SSSR count). The van der Waals surface area contributed by atoms with Gasteiger partial charge in [-0.25, -0.2) is 8.42 Å². The number of rotatable bonds is 3. The molecule has 0 heterocycles. The third-order valence-corrected chi connectivity index (χ3v) is 6.86. The maximum Gasteiger partial charge on any atom is 0.264 e. The summed E-state index contributed by atoms with van der Waals surface area (Å²) in [5.41, 5.74) is 6.57. The molecule has 0 radical (unpaired) electrons. The summed E-state index contributed by atoms with van der Waals surface area (Å²) in [6.45, 7) is 0. The Hall–Kier alpha value is -0.0900. The molecule has 4 nitrogen and oxygen atoms in total. The summed E-state index contributed by atoms with van der Waals surface area (Å²) in [7, 11) is -3.77. The van der Waals surface area contributed by atoms with Gasteiger partial charge in [0.2, 0.25) is 0 Å². The van der Waals surface area contributed by atoms with Crippen molar-refractivity contribution in [1.82, 2.24) is 0 Å². The molecule has 0 aliphatic heterocycles. The van der Waals surface area contributed by atoms with Crippen molar-refractivity contribution < 1.29 is 8.42 Å². The molecule has 0 aromatic heterocycles. The fraction of sp³-hybridized carbons (Fsp3) is 0. The number of nitrogen functional groups attached to an aromatic ring is 1. The second kappa shape index (κ2) is 6.57. The van der Waals surface area contributed by atoms with Crippen LogP contribution in [0.2, 0.25) is 0 Å². The first-order valence-electron chi connectivity index (χ1n) is 5.43. The smallest absolute Gasteiger partial charge is 0.264 e. The molecule has 0 unspecified atom stereocenters. The highest BCUT2D eigenvalue weighted by molar-refractivity contribution is 9.11. The van der Waals surface area contributed by atoms with E-state index < -0.39 is 10.0 Å². The first kappa shape index (κ1) is 17.3. The normalized spacial score (nSPS) is 11.4. The van der Waals surface area contributed by atoms with E-state index >= 15 is 0 Å². The van der Waals surface area contributed by atoms with Crippen molar-refractivity contribution in [3.63, 3.8) is 0 Å². The molecular formula is C12H8Br4N2O2S. The third-order valence-electron chi connectivity index (χ3n) is 2.46. The predicted molar refractivity (Wildman–Crippen MR) is 98.9 cm³/mol. The zero-order chi connectivity index (χ0) is 15.8. The number of nitrogens with two attached hydrogens (primary N) is 1. The minimum absolute atomic E-state index is 0.0894. The number of anilines is 2. The fourth-order valence-corrected chi connectivity index (χ4v) is 6.58.